The first-order chi connectivity index (χ1) is 8.00. The minimum Gasteiger partial charge on any atom is -0.507 e. The van der Waals surface area contributed by atoms with Crippen molar-refractivity contribution in [3.05, 3.63) is 28.8 Å². The molecule has 4 nitrogen and oxygen atoms in total. The van der Waals surface area contributed by atoms with Crippen molar-refractivity contribution in [2.45, 2.75) is 25.7 Å². The number of carboxylic acid groups (broad SMARTS) is 1. The Bertz CT molecular complexity index is 429. The summed E-state index contributed by atoms with van der Waals surface area (Å²) in [6.45, 7) is 0. The Morgan fingerprint density at radius 3 is 2.47 bits per heavy atom. The molecule has 0 saturated carbocycles. The van der Waals surface area contributed by atoms with E-state index in [-0.39, 0.29) is 29.9 Å². The Labute approximate surface area is 104 Å². The molecule has 0 aromatic heterocycles. The Kier molecular flexibility index (Phi) is 4.97. The molecule has 0 fully saturated rings. The number of Topliss-reactive ketones (excluding diaryl/α,β-unsaturated/α-hetero) is 1. The largest absolute Gasteiger partial charge is 0.507 e. The number of aliphatic carboxylic acids is 1. The van der Waals surface area contributed by atoms with E-state index in [0.29, 0.717) is 17.9 Å². The van der Waals surface area contributed by atoms with Gasteiger partial charge < -0.3 is 10.2 Å². The van der Waals surface area contributed by atoms with Crippen molar-refractivity contribution in [2.75, 3.05) is 0 Å². The predicted octanol–water partition coefficient (Wildman–Crippen LogP) is 2.87. The van der Waals surface area contributed by atoms with Crippen LogP contribution in [0.15, 0.2) is 18.2 Å². The van der Waals surface area contributed by atoms with Gasteiger partial charge in [-0.25, -0.2) is 0 Å². The fraction of sp³-hybridized carbons (Fsp3) is 0.333. The average Bonchev–Trinajstić information content (AvgIpc) is 2.27. The van der Waals surface area contributed by atoms with E-state index in [1.165, 1.54) is 18.2 Å². The maximum Gasteiger partial charge on any atom is 0.303 e. The minimum atomic E-state index is -0.872. The molecular formula is C12H13ClO4. The molecule has 0 amide bonds. The van der Waals surface area contributed by atoms with Crippen LogP contribution in [0.25, 0.3) is 0 Å². The standard InChI is InChI=1S/C12H13ClO4/c13-8-5-6-11(15)9(7-8)10(14)3-1-2-4-12(16)17/h5-7,15H,1-4H2,(H,16,17). The molecule has 1 rings (SSSR count). The number of ketones is 1. The van der Waals surface area contributed by atoms with E-state index in [1.807, 2.05) is 0 Å². The van der Waals surface area contributed by atoms with Gasteiger partial charge in [0.25, 0.3) is 0 Å². The second-order valence-electron chi connectivity index (χ2n) is 3.69. The molecule has 1 aromatic rings. The number of unbranched alkanes of at least 4 members (excludes halogenated alkanes) is 1. The van der Waals surface area contributed by atoms with Gasteiger partial charge in [0.05, 0.1) is 5.56 Å². The molecule has 0 spiro atoms. The molecule has 92 valence electrons. The third-order valence-electron chi connectivity index (χ3n) is 2.30. The van der Waals surface area contributed by atoms with Gasteiger partial charge in [-0.1, -0.05) is 11.6 Å². The van der Waals surface area contributed by atoms with Crippen LogP contribution in [0.3, 0.4) is 0 Å². The van der Waals surface area contributed by atoms with Crippen molar-refractivity contribution in [3.8, 4) is 5.75 Å². The molecule has 0 aliphatic carbocycles. The van der Waals surface area contributed by atoms with Gasteiger partial charge in [-0.15, -0.1) is 0 Å². The highest BCUT2D eigenvalue weighted by Gasteiger charge is 2.11. The van der Waals surface area contributed by atoms with Crippen LogP contribution in [-0.4, -0.2) is 22.0 Å². The number of carboxylic acids is 1. The third kappa shape index (κ3) is 4.44. The van der Waals surface area contributed by atoms with Crippen LogP contribution in [0, 0.1) is 0 Å². The number of halogens is 1. The van der Waals surface area contributed by atoms with E-state index >= 15 is 0 Å². The van der Waals surface area contributed by atoms with Crippen LogP contribution < -0.4 is 0 Å². The van der Waals surface area contributed by atoms with E-state index in [2.05, 4.69) is 0 Å². The van der Waals surface area contributed by atoms with Gasteiger partial charge in [0.15, 0.2) is 5.78 Å². The molecule has 5 heteroatoms. The fourth-order valence-electron chi connectivity index (χ4n) is 1.43. The second-order valence-corrected chi connectivity index (χ2v) is 4.12. The summed E-state index contributed by atoms with van der Waals surface area (Å²) in [6, 6.07) is 4.28. The first kappa shape index (κ1) is 13.5. The Hall–Kier alpha value is -1.55. The highest BCUT2D eigenvalue weighted by atomic mass is 35.5. The van der Waals surface area contributed by atoms with Crippen LogP contribution in [0.4, 0.5) is 0 Å². The van der Waals surface area contributed by atoms with Crippen LogP contribution in [0.2, 0.25) is 5.02 Å². The van der Waals surface area contributed by atoms with E-state index < -0.39 is 5.97 Å². The van der Waals surface area contributed by atoms with E-state index in [9.17, 15) is 14.7 Å². The van der Waals surface area contributed by atoms with Gasteiger partial charge in [0.2, 0.25) is 0 Å². The number of hydrogen-bond donors (Lipinski definition) is 2. The molecular weight excluding hydrogens is 244 g/mol. The molecule has 0 radical (unpaired) electrons. The Morgan fingerprint density at radius 1 is 1.18 bits per heavy atom. The zero-order chi connectivity index (χ0) is 12.8. The van der Waals surface area contributed by atoms with Crippen molar-refractivity contribution in [1.82, 2.24) is 0 Å². The topological polar surface area (TPSA) is 74.6 Å². The number of aromatic hydroxyl groups is 1. The zero-order valence-electron chi connectivity index (χ0n) is 9.15. The average molecular weight is 257 g/mol. The molecule has 0 aliphatic rings. The highest BCUT2D eigenvalue weighted by Crippen LogP contribution is 2.23. The number of hydrogen-bond acceptors (Lipinski definition) is 3. The number of phenolic OH excluding ortho intramolecular Hbond substituents is 1. The summed E-state index contributed by atoms with van der Waals surface area (Å²) in [5.74, 6) is -1.20. The van der Waals surface area contributed by atoms with Crippen molar-refractivity contribution in [2.24, 2.45) is 0 Å². The molecule has 1 aromatic carbocycles. The van der Waals surface area contributed by atoms with Gasteiger partial charge >= 0.3 is 5.97 Å². The normalized spacial score (nSPS) is 10.2. The van der Waals surface area contributed by atoms with Crippen LogP contribution in [0.1, 0.15) is 36.0 Å². The van der Waals surface area contributed by atoms with E-state index in [1.54, 1.807) is 0 Å². The highest BCUT2D eigenvalue weighted by molar-refractivity contribution is 6.31. The Morgan fingerprint density at radius 2 is 1.82 bits per heavy atom. The third-order valence-corrected chi connectivity index (χ3v) is 2.54. The monoisotopic (exact) mass is 256 g/mol. The van der Waals surface area contributed by atoms with Crippen LogP contribution in [0.5, 0.6) is 5.75 Å². The molecule has 2 N–H and O–H groups in total. The number of phenols is 1. The van der Waals surface area contributed by atoms with Gasteiger partial charge in [0, 0.05) is 17.9 Å². The van der Waals surface area contributed by atoms with Gasteiger partial charge in [-0.2, -0.15) is 0 Å². The smallest absolute Gasteiger partial charge is 0.303 e. The van der Waals surface area contributed by atoms with Crippen LogP contribution >= 0.6 is 11.6 Å². The zero-order valence-corrected chi connectivity index (χ0v) is 9.91. The summed E-state index contributed by atoms with van der Waals surface area (Å²) in [4.78, 5) is 22.0. The number of carbonyl (C=O) groups excluding carboxylic acids is 1. The van der Waals surface area contributed by atoms with Crippen molar-refractivity contribution in [1.29, 1.82) is 0 Å². The summed E-state index contributed by atoms with van der Waals surface area (Å²) >= 11 is 5.72. The maximum absolute atomic E-state index is 11.7. The summed E-state index contributed by atoms with van der Waals surface area (Å²) in [6.07, 6.45) is 1.19. The lowest BCUT2D eigenvalue weighted by Crippen LogP contribution is -2.01. The lowest BCUT2D eigenvalue weighted by atomic mass is 10.0. The number of carbonyl (C=O) groups is 2. The summed E-state index contributed by atoms with van der Waals surface area (Å²) in [5, 5.41) is 18.3. The van der Waals surface area contributed by atoms with Gasteiger partial charge in [0.1, 0.15) is 5.75 Å². The van der Waals surface area contributed by atoms with Crippen molar-refractivity contribution >= 4 is 23.4 Å². The van der Waals surface area contributed by atoms with Gasteiger partial charge in [-0.05, 0) is 31.0 Å². The molecule has 0 heterocycles. The summed E-state index contributed by atoms with van der Waals surface area (Å²) in [5.41, 5.74) is 0.188. The molecule has 0 bridgehead atoms. The second kappa shape index (κ2) is 6.25. The Balaban J connectivity index is 2.52. The molecule has 0 saturated heterocycles. The van der Waals surface area contributed by atoms with Crippen LogP contribution in [-0.2, 0) is 4.79 Å². The molecule has 0 unspecified atom stereocenters. The summed E-state index contributed by atoms with van der Waals surface area (Å²) in [7, 11) is 0. The SMILES string of the molecule is O=C(O)CCCCC(=O)c1cc(Cl)ccc1O. The van der Waals surface area contributed by atoms with E-state index in [4.69, 9.17) is 16.7 Å². The molecule has 0 aliphatic heterocycles. The molecule has 0 atom stereocenters. The number of rotatable bonds is 6. The molecule has 17 heavy (non-hydrogen) atoms. The van der Waals surface area contributed by atoms with Gasteiger partial charge in [-0.3, -0.25) is 9.59 Å². The maximum atomic E-state index is 11.7. The lowest BCUT2D eigenvalue weighted by Gasteiger charge is -2.04. The fourth-order valence-corrected chi connectivity index (χ4v) is 1.60. The van der Waals surface area contributed by atoms with Crippen molar-refractivity contribution in [3.63, 3.8) is 0 Å². The van der Waals surface area contributed by atoms with E-state index in [0.717, 1.165) is 0 Å². The minimum absolute atomic E-state index is 0.0504. The first-order valence-corrected chi connectivity index (χ1v) is 5.62. The first-order valence-electron chi connectivity index (χ1n) is 5.24. The van der Waals surface area contributed by atoms with Crippen molar-refractivity contribution < 1.29 is 19.8 Å². The predicted molar refractivity (Wildman–Crippen MR) is 63.6 cm³/mol. The lowest BCUT2D eigenvalue weighted by molar-refractivity contribution is -0.137. The summed E-state index contributed by atoms with van der Waals surface area (Å²) < 4.78 is 0. The number of benzene rings is 1. The quantitative estimate of drug-likeness (QED) is 0.606.